The smallest absolute Gasteiger partial charge is 0.240 e. The normalized spacial score (nSPS) is 13.1. The van der Waals surface area contributed by atoms with Crippen LogP contribution in [-0.2, 0) is 4.79 Å². The number of amides is 1. The minimum atomic E-state index is -0.0794. The zero-order valence-electron chi connectivity index (χ0n) is 11.9. The SMILES string of the molecule is Cc1cc(NC(=O)CN(C)[C@@H](C)CC(C)C)on1. The molecule has 0 radical (unpaired) electrons. The maximum absolute atomic E-state index is 11.8. The number of aryl methyl sites for hydroxylation is 1. The summed E-state index contributed by atoms with van der Waals surface area (Å²) in [6.07, 6.45) is 1.07. The molecular formula is C13H23N3O2. The van der Waals surface area contributed by atoms with Gasteiger partial charge in [-0.25, -0.2) is 0 Å². The fourth-order valence-corrected chi connectivity index (χ4v) is 1.84. The molecule has 1 heterocycles. The Hall–Kier alpha value is -1.36. The van der Waals surface area contributed by atoms with Gasteiger partial charge in [0.15, 0.2) is 0 Å². The summed E-state index contributed by atoms with van der Waals surface area (Å²) in [6, 6.07) is 2.09. The quantitative estimate of drug-likeness (QED) is 0.845. The first-order chi connectivity index (χ1) is 8.38. The van der Waals surface area contributed by atoms with Gasteiger partial charge in [0.2, 0.25) is 11.8 Å². The highest BCUT2D eigenvalue weighted by atomic mass is 16.5. The molecule has 0 aliphatic rings. The molecule has 1 rings (SSSR count). The van der Waals surface area contributed by atoms with Crippen LogP contribution in [-0.4, -0.2) is 35.6 Å². The number of carbonyl (C=O) groups is 1. The second kappa shape index (κ2) is 6.54. The van der Waals surface area contributed by atoms with E-state index >= 15 is 0 Å². The van der Waals surface area contributed by atoms with E-state index in [-0.39, 0.29) is 5.91 Å². The Morgan fingerprint density at radius 2 is 2.17 bits per heavy atom. The van der Waals surface area contributed by atoms with E-state index in [4.69, 9.17) is 4.52 Å². The molecule has 18 heavy (non-hydrogen) atoms. The molecule has 1 amide bonds. The predicted octanol–water partition coefficient (Wildman–Crippen LogP) is 2.29. The number of anilines is 1. The Bertz CT molecular complexity index is 387. The van der Waals surface area contributed by atoms with Crippen LogP contribution in [0, 0.1) is 12.8 Å². The van der Waals surface area contributed by atoms with Crippen LogP contribution in [0.4, 0.5) is 5.88 Å². The zero-order chi connectivity index (χ0) is 13.7. The lowest BCUT2D eigenvalue weighted by atomic mass is 10.0. The van der Waals surface area contributed by atoms with E-state index in [0.29, 0.717) is 24.4 Å². The number of rotatable bonds is 6. The second-order valence-electron chi connectivity index (χ2n) is 5.27. The standard InChI is InChI=1S/C13H23N3O2/c1-9(2)6-11(4)16(5)8-12(17)14-13-7-10(3)15-18-13/h7,9,11H,6,8H2,1-5H3,(H,14,17)/t11-/m0/s1. The molecular weight excluding hydrogens is 230 g/mol. The van der Waals surface area contributed by atoms with Crippen LogP contribution in [0.3, 0.4) is 0 Å². The Morgan fingerprint density at radius 3 is 2.67 bits per heavy atom. The average molecular weight is 253 g/mol. The molecule has 0 fully saturated rings. The first-order valence-electron chi connectivity index (χ1n) is 6.32. The van der Waals surface area contributed by atoms with Gasteiger partial charge in [0, 0.05) is 12.1 Å². The summed E-state index contributed by atoms with van der Waals surface area (Å²) in [4.78, 5) is 13.8. The fourth-order valence-electron chi connectivity index (χ4n) is 1.84. The van der Waals surface area contributed by atoms with Crippen LogP contribution in [0.1, 0.15) is 32.9 Å². The van der Waals surface area contributed by atoms with Crippen molar-refractivity contribution < 1.29 is 9.32 Å². The summed E-state index contributed by atoms with van der Waals surface area (Å²) in [5, 5.41) is 6.41. The van der Waals surface area contributed by atoms with Crippen molar-refractivity contribution in [1.29, 1.82) is 0 Å². The Labute approximate surface area is 109 Å². The summed E-state index contributed by atoms with van der Waals surface area (Å²) in [6.45, 7) is 8.67. The zero-order valence-corrected chi connectivity index (χ0v) is 11.9. The van der Waals surface area contributed by atoms with Gasteiger partial charge < -0.3 is 4.52 Å². The molecule has 5 nitrogen and oxygen atoms in total. The van der Waals surface area contributed by atoms with Gasteiger partial charge in [-0.15, -0.1) is 0 Å². The molecule has 0 aliphatic heterocycles. The first-order valence-corrected chi connectivity index (χ1v) is 6.32. The molecule has 0 unspecified atom stereocenters. The minimum absolute atomic E-state index is 0.0794. The number of nitrogens with one attached hydrogen (secondary N) is 1. The number of carbonyl (C=O) groups excluding carboxylic acids is 1. The van der Waals surface area contributed by atoms with E-state index in [2.05, 4.69) is 31.2 Å². The molecule has 5 heteroatoms. The van der Waals surface area contributed by atoms with Crippen molar-refractivity contribution in [2.45, 2.75) is 40.2 Å². The van der Waals surface area contributed by atoms with Crippen LogP contribution in [0.25, 0.3) is 0 Å². The molecule has 0 aromatic carbocycles. The number of likely N-dealkylation sites (N-methyl/N-ethyl adjacent to an activating group) is 1. The van der Waals surface area contributed by atoms with Crippen molar-refractivity contribution in [2.75, 3.05) is 18.9 Å². The lowest BCUT2D eigenvalue weighted by Crippen LogP contribution is -2.37. The number of nitrogens with zero attached hydrogens (tertiary/aromatic N) is 2. The molecule has 1 aromatic rings. The predicted molar refractivity (Wildman–Crippen MR) is 71.4 cm³/mol. The topological polar surface area (TPSA) is 58.4 Å². The van der Waals surface area contributed by atoms with Crippen molar-refractivity contribution in [3.63, 3.8) is 0 Å². The van der Waals surface area contributed by atoms with Crippen LogP contribution in [0.5, 0.6) is 0 Å². The van der Waals surface area contributed by atoms with E-state index in [0.717, 1.165) is 12.1 Å². The summed E-state index contributed by atoms with van der Waals surface area (Å²) < 4.78 is 4.94. The van der Waals surface area contributed by atoms with Gasteiger partial charge in [-0.1, -0.05) is 19.0 Å². The highest BCUT2D eigenvalue weighted by Crippen LogP contribution is 2.11. The molecule has 0 bridgehead atoms. The maximum atomic E-state index is 11.8. The Morgan fingerprint density at radius 1 is 1.50 bits per heavy atom. The molecule has 1 N–H and O–H groups in total. The van der Waals surface area contributed by atoms with E-state index in [1.807, 2.05) is 18.9 Å². The Kier molecular flexibility index (Phi) is 5.34. The van der Waals surface area contributed by atoms with E-state index in [1.165, 1.54) is 0 Å². The summed E-state index contributed by atoms with van der Waals surface area (Å²) in [7, 11) is 1.96. The summed E-state index contributed by atoms with van der Waals surface area (Å²) >= 11 is 0. The molecule has 0 saturated heterocycles. The van der Waals surface area contributed by atoms with Crippen molar-refractivity contribution in [2.24, 2.45) is 5.92 Å². The largest absolute Gasteiger partial charge is 0.338 e. The summed E-state index contributed by atoms with van der Waals surface area (Å²) in [5.74, 6) is 0.953. The van der Waals surface area contributed by atoms with Crippen LogP contribution < -0.4 is 5.32 Å². The minimum Gasteiger partial charge on any atom is -0.338 e. The van der Waals surface area contributed by atoms with Gasteiger partial charge in [-0.05, 0) is 33.2 Å². The van der Waals surface area contributed by atoms with E-state index in [1.54, 1.807) is 6.07 Å². The maximum Gasteiger partial charge on any atom is 0.240 e. The van der Waals surface area contributed by atoms with Crippen molar-refractivity contribution in [3.05, 3.63) is 11.8 Å². The first kappa shape index (κ1) is 14.7. The van der Waals surface area contributed by atoms with Gasteiger partial charge >= 0.3 is 0 Å². The monoisotopic (exact) mass is 253 g/mol. The Balaban J connectivity index is 2.39. The van der Waals surface area contributed by atoms with Gasteiger partial charge in [-0.2, -0.15) is 0 Å². The number of aromatic nitrogens is 1. The van der Waals surface area contributed by atoms with Crippen molar-refractivity contribution in [1.82, 2.24) is 10.1 Å². The highest BCUT2D eigenvalue weighted by molar-refractivity contribution is 5.90. The third-order valence-corrected chi connectivity index (χ3v) is 2.85. The molecule has 1 atom stereocenters. The van der Waals surface area contributed by atoms with Gasteiger partial charge in [-0.3, -0.25) is 15.0 Å². The second-order valence-corrected chi connectivity index (χ2v) is 5.27. The number of hydrogen-bond acceptors (Lipinski definition) is 4. The highest BCUT2D eigenvalue weighted by Gasteiger charge is 2.15. The third-order valence-electron chi connectivity index (χ3n) is 2.85. The lowest BCUT2D eigenvalue weighted by molar-refractivity contribution is -0.117. The average Bonchev–Trinajstić information content (AvgIpc) is 2.62. The van der Waals surface area contributed by atoms with E-state index in [9.17, 15) is 4.79 Å². The fraction of sp³-hybridized carbons (Fsp3) is 0.692. The number of hydrogen-bond donors (Lipinski definition) is 1. The third kappa shape index (κ3) is 4.87. The molecule has 1 aromatic heterocycles. The van der Waals surface area contributed by atoms with Crippen LogP contribution >= 0.6 is 0 Å². The molecule has 0 spiro atoms. The van der Waals surface area contributed by atoms with E-state index < -0.39 is 0 Å². The molecule has 0 aliphatic carbocycles. The molecule has 102 valence electrons. The van der Waals surface area contributed by atoms with Gasteiger partial charge in [0.1, 0.15) is 0 Å². The van der Waals surface area contributed by atoms with Crippen molar-refractivity contribution >= 4 is 11.8 Å². The molecule has 0 saturated carbocycles. The van der Waals surface area contributed by atoms with Crippen LogP contribution in [0.15, 0.2) is 10.6 Å². The van der Waals surface area contributed by atoms with Gasteiger partial charge in [0.25, 0.3) is 0 Å². The van der Waals surface area contributed by atoms with Gasteiger partial charge in [0.05, 0.1) is 12.2 Å². The summed E-state index contributed by atoms with van der Waals surface area (Å²) in [5.41, 5.74) is 0.756. The lowest BCUT2D eigenvalue weighted by Gasteiger charge is -2.25. The van der Waals surface area contributed by atoms with Crippen LogP contribution in [0.2, 0.25) is 0 Å². The van der Waals surface area contributed by atoms with Crippen molar-refractivity contribution in [3.8, 4) is 0 Å².